The molecule has 4 aromatic rings. The van der Waals surface area contributed by atoms with Crippen molar-refractivity contribution in [1.82, 2.24) is 19.7 Å². The summed E-state index contributed by atoms with van der Waals surface area (Å²) in [6.07, 6.45) is 3.61. The smallest absolute Gasteiger partial charge is 0.341 e. The molecule has 2 aromatic carbocycles. The number of ether oxygens (including phenoxy) is 2. The molecule has 0 aliphatic carbocycles. The van der Waals surface area contributed by atoms with Gasteiger partial charge in [-0.15, -0.1) is 0 Å². The summed E-state index contributed by atoms with van der Waals surface area (Å²) in [4.78, 5) is 36.2. The zero-order valence-corrected chi connectivity index (χ0v) is 22.9. The normalized spacial score (nSPS) is 12.0. The van der Waals surface area contributed by atoms with Crippen LogP contribution in [0.15, 0.2) is 49.2 Å². The second kappa shape index (κ2) is 11.0. The number of carbonyl (C=O) groups excluding carboxylic acids is 2. The summed E-state index contributed by atoms with van der Waals surface area (Å²) in [5, 5.41) is 11.7. The van der Waals surface area contributed by atoms with Crippen molar-refractivity contribution in [3.63, 3.8) is 0 Å². The van der Waals surface area contributed by atoms with Crippen LogP contribution in [0.1, 0.15) is 29.3 Å². The Kier molecular flexibility index (Phi) is 7.37. The highest BCUT2D eigenvalue weighted by Gasteiger charge is 2.25. The fourth-order valence-corrected chi connectivity index (χ4v) is 4.78. The van der Waals surface area contributed by atoms with E-state index in [0.29, 0.717) is 35.9 Å². The van der Waals surface area contributed by atoms with Gasteiger partial charge >= 0.3 is 5.97 Å². The summed E-state index contributed by atoms with van der Waals surface area (Å²) >= 11 is 0. The molecule has 0 atom stereocenters. The van der Waals surface area contributed by atoms with E-state index in [2.05, 4.69) is 34.0 Å². The maximum atomic E-state index is 12.7. The number of benzene rings is 2. The van der Waals surface area contributed by atoms with Gasteiger partial charge in [0, 0.05) is 30.9 Å². The average molecular weight is 542 g/mol. The van der Waals surface area contributed by atoms with Crippen molar-refractivity contribution < 1.29 is 19.1 Å². The molecule has 0 bridgehead atoms. The highest BCUT2D eigenvalue weighted by molar-refractivity contribution is 6.03. The van der Waals surface area contributed by atoms with E-state index in [-0.39, 0.29) is 17.4 Å². The topological polar surface area (TPSA) is 124 Å². The molecule has 40 heavy (non-hydrogen) atoms. The second-order valence-corrected chi connectivity index (χ2v) is 9.44. The largest absolute Gasteiger partial charge is 0.489 e. The summed E-state index contributed by atoms with van der Waals surface area (Å²) in [6.45, 7) is 9.52. The van der Waals surface area contributed by atoms with Crippen LogP contribution in [0.25, 0.3) is 22.3 Å². The monoisotopic (exact) mass is 541 g/mol. The Hall–Kier alpha value is -4.93. The van der Waals surface area contributed by atoms with Gasteiger partial charge < -0.3 is 25.0 Å². The van der Waals surface area contributed by atoms with Crippen LogP contribution in [-0.2, 0) is 16.1 Å². The lowest BCUT2D eigenvalue weighted by atomic mass is 10.1. The summed E-state index contributed by atoms with van der Waals surface area (Å²) in [5.74, 6) is 0.101. The molecule has 2 N–H and O–H groups in total. The van der Waals surface area contributed by atoms with Crippen molar-refractivity contribution in [2.24, 2.45) is 0 Å². The summed E-state index contributed by atoms with van der Waals surface area (Å²) < 4.78 is 12.7. The van der Waals surface area contributed by atoms with Gasteiger partial charge in [-0.3, -0.25) is 9.48 Å². The van der Waals surface area contributed by atoms with Gasteiger partial charge in [0.05, 0.1) is 25.0 Å². The first kappa shape index (κ1) is 26.7. The van der Waals surface area contributed by atoms with Crippen LogP contribution in [0.4, 0.5) is 23.0 Å². The summed E-state index contributed by atoms with van der Waals surface area (Å²) in [7, 11) is 3.29. The molecule has 1 aliphatic rings. The molecule has 206 valence electrons. The van der Waals surface area contributed by atoms with E-state index in [1.807, 2.05) is 49.0 Å². The van der Waals surface area contributed by atoms with Crippen LogP contribution >= 0.6 is 0 Å². The molecule has 5 rings (SSSR count). The number of hydrogen-bond donors (Lipinski definition) is 2. The number of nitrogens with one attached hydrogen (secondary N) is 2. The van der Waals surface area contributed by atoms with E-state index >= 15 is 0 Å². The molecule has 0 saturated heterocycles. The van der Waals surface area contributed by atoms with Gasteiger partial charge in [0.15, 0.2) is 0 Å². The van der Waals surface area contributed by atoms with Crippen LogP contribution in [0.2, 0.25) is 0 Å². The highest BCUT2D eigenvalue weighted by Crippen LogP contribution is 2.37. The number of methoxy groups -OCH3 is 1. The minimum Gasteiger partial charge on any atom is -0.489 e. The first-order valence-corrected chi connectivity index (χ1v) is 13.0. The van der Waals surface area contributed by atoms with Crippen LogP contribution in [0.5, 0.6) is 5.75 Å². The number of nitrogens with zero attached hydrogens (tertiary/aromatic N) is 5. The molecule has 3 heterocycles. The maximum absolute atomic E-state index is 12.7. The Morgan fingerprint density at radius 2 is 2.08 bits per heavy atom. The van der Waals surface area contributed by atoms with Gasteiger partial charge in [0.2, 0.25) is 11.9 Å². The third kappa shape index (κ3) is 4.93. The number of rotatable bonds is 9. The molecule has 1 aliphatic heterocycles. The number of carbonyl (C=O) groups is 2. The predicted molar refractivity (Wildman–Crippen MR) is 154 cm³/mol. The Morgan fingerprint density at radius 3 is 2.83 bits per heavy atom. The Bertz CT molecular complexity index is 1630. The van der Waals surface area contributed by atoms with E-state index in [4.69, 9.17) is 19.6 Å². The molecule has 0 unspecified atom stereocenters. The predicted octanol–water partition coefficient (Wildman–Crippen LogP) is 4.70. The molecule has 0 fully saturated rings. The molecule has 11 nitrogen and oxygen atoms in total. The molecule has 0 spiro atoms. The minimum absolute atomic E-state index is 0.192. The molecular formula is C29H31N7O4. The van der Waals surface area contributed by atoms with Crippen LogP contribution in [0, 0.1) is 6.92 Å². The molecule has 0 radical (unpaired) electrons. The number of aryl methyl sites for hydroxylation is 1. The van der Waals surface area contributed by atoms with E-state index in [1.165, 1.54) is 19.4 Å². The van der Waals surface area contributed by atoms with Gasteiger partial charge in [-0.25, -0.2) is 14.8 Å². The van der Waals surface area contributed by atoms with Crippen LogP contribution in [0.3, 0.4) is 0 Å². The third-order valence-electron chi connectivity index (χ3n) is 6.71. The lowest BCUT2D eigenvalue weighted by Crippen LogP contribution is -2.21. The maximum Gasteiger partial charge on any atom is 0.341 e. The number of esters is 1. The zero-order chi connectivity index (χ0) is 28.4. The number of para-hydroxylation sites is 1. The standard InChI is InChI=1S/C29H31N7O4/c1-6-11-35(4)22-14-17(3)20(15-21(22)31-24(37)7-2)32-29-30-16-19(28(38)39-5)25(33-29)26-18-9-8-10-23-27(18)36(34-26)12-13-40-23/h7-10,14-16H,2,6,11-13H2,1,3-5H3,(H,31,37)(H,30,32,33). The Balaban J connectivity index is 1.60. The van der Waals surface area contributed by atoms with Crippen LogP contribution < -0.4 is 20.3 Å². The lowest BCUT2D eigenvalue weighted by molar-refractivity contribution is -0.111. The first-order valence-electron chi connectivity index (χ1n) is 13.0. The summed E-state index contributed by atoms with van der Waals surface area (Å²) in [5.41, 5.74) is 5.01. The highest BCUT2D eigenvalue weighted by atomic mass is 16.5. The molecule has 0 saturated carbocycles. The Labute approximate surface area is 231 Å². The molecule has 2 aromatic heterocycles. The number of anilines is 4. The number of aromatic nitrogens is 4. The van der Waals surface area contributed by atoms with Crippen molar-refractivity contribution in [2.45, 2.75) is 26.8 Å². The van der Waals surface area contributed by atoms with Crippen molar-refractivity contribution in [3.05, 3.63) is 60.3 Å². The van der Waals surface area contributed by atoms with Gasteiger partial charge in [-0.05, 0) is 43.2 Å². The fourth-order valence-electron chi connectivity index (χ4n) is 4.78. The van der Waals surface area contributed by atoms with E-state index < -0.39 is 5.97 Å². The number of amides is 1. The van der Waals surface area contributed by atoms with E-state index in [9.17, 15) is 9.59 Å². The fraction of sp³-hybridized carbons (Fsp3) is 0.276. The quantitative estimate of drug-likeness (QED) is 0.229. The van der Waals surface area contributed by atoms with Gasteiger partial charge in [0.1, 0.15) is 34.8 Å². The van der Waals surface area contributed by atoms with Crippen molar-refractivity contribution in [1.29, 1.82) is 0 Å². The van der Waals surface area contributed by atoms with E-state index in [1.54, 1.807) is 0 Å². The van der Waals surface area contributed by atoms with Gasteiger partial charge in [0.25, 0.3) is 0 Å². The lowest BCUT2D eigenvalue weighted by Gasteiger charge is -2.24. The number of hydrogen-bond acceptors (Lipinski definition) is 9. The molecule has 11 heteroatoms. The van der Waals surface area contributed by atoms with Gasteiger partial charge in [-0.1, -0.05) is 25.6 Å². The first-order chi connectivity index (χ1) is 19.3. The van der Waals surface area contributed by atoms with E-state index in [0.717, 1.165) is 40.9 Å². The average Bonchev–Trinajstić information content (AvgIpc) is 3.34. The Morgan fingerprint density at radius 1 is 1.25 bits per heavy atom. The summed E-state index contributed by atoms with van der Waals surface area (Å²) in [6, 6.07) is 9.53. The van der Waals surface area contributed by atoms with Crippen molar-refractivity contribution in [3.8, 4) is 17.1 Å². The molecular weight excluding hydrogens is 510 g/mol. The van der Waals surface area contributed by atoms with Gasteiger partial charge in [-0.2, -0.15) is 5.10 Å². The van der Waals surface area contributed by atoms with Crippen molar-refractivity contribution >= 4 is 45.8 Å². The SMILES string of the molecule is C=CC(=O)Nc1cc(Nc2ncc(C(=O)OC)c(-c3nn4c5c(cccc35)OCC4)n2)c(C)cc1N(C)CCC. The minimum atomic E-state index is -0.569. The molecule has 1 amide bonds. The second-order valence-electron chi connectivity index (χ2n) is 9.44. The third-order valence-corrected chi connectivity index (χ3v) is 6.71. The van der Waals surface area contributed by atoms with Crippen molar-refractivity contribution in [2.75, 3.05) is 42.8 Å². The van der Waals surface area contributed by atoms with Crippen LogP contribution in [-0.4, -0.2) is 58.9 Å². The zero-order valence-electron chi connectivity index (χ0n) is 22.9.